The van der Waals surface area contributed by atoms with Crippen molar-refractivity contribution in [1.29, 1.82) is 0 Å². The molecule has 0 fully saturated rings. The van der Waals surface area contributed by atoms with Gasteiger partial charge >= 0.3 is 0 Å². The molecule has 0 saturated carbocycles. The van der Waals surface area contributed by atoms with Crippen LogP contribution in [0, 0.1) is 5.41 Å². The van der Waals surface area contributed by atoms with Gasteiger partial charge in [-0.2, -0.15) is 5.10 Å². The van der Waals surface area contributed by atoms with Gasteiger partial charge in [-0.3, -0.25) is 4.68 Å². The molecular formula is C16H23N3. The van der Waals surface area contributed by atoms with Gasteiger partial charge in [-0.05, 0) is 35.6 Å². The molecule has 3 heteroatoms. The molecule has 0 aliphatic carbocycles. The maximum absolute atomic E-state index is 4.23. The fourth-order valence-electron chi connectivity index (χ4n) is 1.94. The third-order valence-corrected chi connectivity index (χ3v) is 3.03. The molecule has 2 rings (SSSR count). The number of rotatable bonds is 5. The zero-order valence-corrected chi connectivity index (χ0v) is 12.1. The number of nitrogens with one attached hydrogen (secondary N) is 1. The van der Waals surface area contributed by atoms with E-state index in [0.717, 1.165) is 19.5 Å². The molecule has 2 aromatic rings. The van der Waals surface area contributed by atoms with Crippen molar-refractivity contribution in [3.05, 3.63) is 48.3 Å². The van der Waals surface area contributed by atoms with Crippen LogP contribution in [0.2, 0.25) is 0 Å². The van der Waals surface area contributed by atoms with E-state index < -0.39 is 0 Å². The average Bonchev–Trinajstić information content (AvgIpc) is 2.80. The first kappa shape index (κ1) is 13.7. The minimum atomic E-state index is 0.375. The number of hydrogen-bond acceptors (Lipinski definition) is 2. The summed E-state index contributed by atoms with van der Waals surface area (Å²) in [5, 5.41) is 7.72. The summed E-state index contributed by atoms with van der Waals surface area (Å²) in [4.78, 5) is 0. The lowest BCUT2D eigenvalue weighted by Gasteiger charge is -2.18. The summed E-state index contributed by atoms with van der Waals surface area (Å²) >= 11 is 0. The Labute approximate surface area is 115 Å². The van der Waals surface area contributed by atoms with Crippen molar-refractivity contribution in [2.75, 3.05) is 11.9 Å². The lowest BCUT2D eigenvalue weighted by molar-refractivity contribution is 0.390. The number of anilines is 1. The Kier molecular flexibility index (Phi) is 4.25. The lowest BCUT2D eigenvalue weighted by atomic mass is 9.92. The van der Waals surface area contributed by atoms with Crippen LogP contribution in [-0.4, -0.2) is 16.3 Å². The summed E-state index contributed by atoms with van der Waals surface area (Å²) in [6.45, 7) is 8.63. The summed E-state index contributed by atoms with van der Waals surface area (Å²) in [5.41, 5.74) is 2.83. The molecule has 0 amide bonds. The number of hydrogen-bond donors (Lipinski definition) is 1. The zero-order valence-electron chi connectivity index (χ0n) is 12.1. The Bertz CT molecular complexity index is 495. The molecule has 0 atom stereocenters. The molecule has 1 heterocycles. The SMILES string of the molecule is CC(C)(C)CCNc1cccc(Cn2cccn2)c1. The van der Waals surface area contributed by atoms with Crippen LogP contribution in [-0.2, 0) is 6.54 Å². The van der Waals surface area contributed by atoms with Gasteiger partial charge in [0.25, 0.3) is 0 Å². The van der Waals surface area contributed by atoms with Crippen molar-refractivity contribution >= 4 is 5.69 Å². The molecule has 19 heavy (non-hydrogen) atoms. The first-order chi connectivity index (χ1) is 9.03. The fourth-order valence-corrected chi connectivity index (χ4v) is 1.94. The van der Waals surface area contributed by atoms with E-state index in [9.17, 15) is 0 Å². The lowest BCUT2D eigenvalue weighted by Crippen LogP contribution is -2.13. The van der Waals surface area contributed by atoms with Crippen LogP contribution in [0.15, 0.2) is 42.7 Å². The molecule has 0 radical (unpaired) electrons. The van der Waals surface area contributed by atoms with Crippen molar-refractivity contribution in [3.63, 3.8) is 0 Å². The van der Waals surface area contributed by atoms with Gasteiger partial charge in [0, 0.05) is 24.6 Å². The second kappa shape index (κ2) is 5.91. The highest BCUT2D eigenvalue weighted by molar-refractivity contribution is 5.45. The molecule has 1 aromatic heterocycles. The third kappa shape index (κ3) is 4.78. The second-order valence-corrected chi connectivity index (χ2v) is 6.14. The van der Waals surface area contributed by atoms with Crippen LogP contribution in [0.3, 0.4) is 0 Å². The third-order valence-electron chi connectivity index (χ3n) is 3.03. The molecule has 1 N–H and O–H groups in total. The molecule has 0 bridgehead atoms. The minimum absolute atomic E-state index is 0.375. The van der Waals surface area contributed by atoms with E-state index in [-0.39, 0.29) is 0 Å². The van der Waals surface area contributed by atoms with E-state index in [1.807, 2.05) is 23.1 Å². The zero-order chi connectivity index (χ0) is 13.7. The topological polar surface area (TPSA) is 29.9 Å². The highest BCUT2D eigenvalue weighted by Gasteiger charge is 2.08. The van der Waals surface area contributed by atoms with Gasteiger partial charge in [0.2, 0.25) is 0 Å². The van der Waals surface area contributed by atoms with Crippen LogP contribution in [0.1, 0.15) is 32.8 Å². The first-order valence-corrected chi connectivity index (χ1v) is 6.83. The largest absolute Gasteiger partial charge is 0.385 e. The van der Waals surface area contributed by atoms with Gasteiger partial charge in [0.05, 0.1) is 6.54 Å². The van der Waals surface area contributed by atoms with Crippen molar-refractivity contribution in [2.45, 2.75) is 33.7 Å². The molecule has 0 aliphatic heterocycles. The van der Waals surface area contributed by atoms with Crippen molar-refractivity contribution in [1.82, 2.24) is 9.78 Å². The predicted molar refractivity (Wildman–Crippen MR) is 80.3 cm³/mol. The number of benzene rings is 1. The Morgan fingerprint density at radius 1 is 1.21 bits per heavy atom. The van der Waals surface area contributed by atoms with Gasteiger partial charge in [-0.15, -0.1) is 0 Å². The van der Waals surface area contributed by atoms with Crippen molar-refractivity contribution < 1.29 is 0 Å². The number of aromatic nitrogens is 2. The Hall–Kier alpha value is -1.77. The summed E-state index contributed by atoms with van der Waals surface area (Å²) in [7, 11) is 0. The van der Waals surface area contributed by atoms with Gasteiger partial charge < -0.3 is 5.32 Å². The summed E-state index contributed by atoms with van der Waals surface area (Å²) < 4.78 is 1.94. The van der Waals surface area contributed by atoms with E-state index in [1.165, 1.54) is 11.3 Å². The molecule has 1 aromatic carbocycles. The molecule has 0 saturated heterocycles. The molecule has 0 unspecified atom stereocenters. The van der Waals surface area contributed by atoms with Gasteiger partial charge in [-0.1, -0.05) is 32.9 Å². The van der Waals surface area contributed by atoms with E-state index >= 15 is 0 Å². The minimum Gasteiger partial charge on any atom is -0.385 e. The molecular weight excluding hydrogens is 234 g/mol. The normalized spacial score (nSPS) is 11.5. The molecule has 102 valence electrons. The summed E-state index contributed by atoms with van der Waals surface area (Å²) in [6.07, 6.45) is 4.96. The van der Waals surface area contributed by atoms with E-state index in [1.54, 1.807) is 0 Å². The quantitative estimate of drug-likeness (QED) is 0.883. The second-order valence-electron chi connectivity index (χ2n) is 6.14. The maximum Gasteiger partial charge on any atom is 0.0660 e. The Balaban J connectivity index is 1.92. The first-order valence-electron chi connectivity index (χ1n) is 6.83. The van der Waals surface area contributed by atoms with Crippen molar-refractivity contribution in [2.24, 2.45) is 5.41 Å². The molecule has 0 aliphatic rings. The van der Waals surface area contributed by atoms with Gasteiger partial charge in [0.15, 0.2) is 0 Å². The highest BCUT2D eigenvalue weighted by atomic mass is 15.3. The predicted octanol–water partition coefficient (Wildman–Crippen LogP) is 3.78. The summed E-state index contributed by atoms with van der Waals surface area (Å²) in [5.74, 6) is 0. The van der Waals surface area contributed by atoms with E-state index in [2.05, 4.69) is 55.5 Å². The summed E-state index contributed by atoms with van der Waals surface area (Å²) in [6, 6.07) is 10.5. The van der Waals surface area contributed by atoms with Gasteiger partial charge in [0.1, 0.15) is 0 Å². The maximum atomic E-state index is 4.23. The highest BCUT2D eigenvalue weighted by Crippen LogP contribution is 2.19. The van der Waals surface area contributed by atoms with Crippen molar-refractivity contribution in [3.8, 4) is 0 Å². The smallest absolute Gasteiger partial charge is 0.0660 e. The fraction of sp³-hybridized carbons (Fsp3) is 0.438. The molecule has 0 spiro atoms. The van der Waals surface area contributed by atoms with Crippen LogP contribution in [0.25, 0.3) is 0 Å². The monoisotopic (exact) mass is 257 g/mol. The van der Waals surface area contributed by atoms with Crippen LogP contribution in [0.5, 0.6) is 0 Å². The van der Waals surface area contributed by atoms with E-state index in [4.69, 9.17) is 0 Å². The van der Waals surface area contributed by atoms with Crippen LogP contribution < -0.4 is 5.32 Å². The average molecular weight is 257 g/mol. The van der Waals surface area contributed by atoms with Crippen LogP contribution >= 0.6 is 0 Å². The van der Waals surface area contributed by atoms with Gasteiger partial charge in [-0.25, -0.2) is 0 Å². The number of nitrogens with zero attached hydrogens (tertiary/aromatic N) is 2. The Morgan fingerprint density at radius 3 is 2.74 bits per heavy atom. The Morgan fingerprint density at radius 2 is 2.05 bits per heavy atom. The standard InChI is InChI=1S/C16H23N3/c1-16(2,3)8-10-17-15-7-4-6-14(12-15)13-19-11-5-9-18-19/h4-7,9,11-12,17H,8,10,13H2,1-3H3. The van der Waals surface area contributed by atoms with Crippen LogP contribution in [0.4, 0.5) is 5.69 Å². The van der Waals surface area contributed by atoms with E-state index in [0.29, 0.717) is 5.41 Å². The molecule has 3 nitrogen and oxygen atoms in total.